The Hall–Kier alpha value is -4.23. The van der Waals surface area contributed by atoms with Crippen LogP contribution in [0.5, 0.6) is 0 Å². The van der Waals surface area contributed by atoms with Crippen LogP contribution in [-0.4, -0.2) is 39.2 Å². The van der Waals surface area contributed by atoms with Gasteiger partial charge in [0.25, 0.3) is 0 Å². The number of ether oxygens (including phenoxy) is 1. The third-order valence-electron chi connectivity index (χ3n) is 6.82. The number of carbonyl (C=O) groups is 2. The minimum Gasteiger partial charge on any atom is -0.467 e. The SMILES string of the molecule is COC(=O)[C@H](CCS(=O)(=O)c1ccccc1)NC(=O)CC(c1ccccc1)(c1ccccc1)c1ccccc1. The number of benzene rings is 4. The molecule has 7 heteroatoms. The molecule has 0 heterocycles. The molecule has 0 bridgehead atoms. The summed E-state index contributed by atoms with van der Waals surface area (Å²) in [6.45, 7) is 0. The topological polar surface area (TPSA) is 89.5 Å². The van der Waals surface area contributed by atoms with Gasteiger partial charge in [0, 0.05) is 6.42 Å². The van der Waals surface area contributed by atoms with Crippen molar-refractivity contribution >= 4 is 21.7 Å². The monoisotopic (exact) mass is 541 g/mol. The van der Waals surface area contributed by atoms with Gasteiger partial charge < -0.3 is 10.1 Å². The molecule has 0 radical (unpaired) electrons. The smallest absolute Gasteiger partial charge is 0.328 e. The molecule has 1 atom stereocenters. The number of rotatable bonds is 11. The summed E-state index contributed by atoms with van der Waals surface area (Å²) in [4.78, 5) is 26.5. The molecule has 0 aliphatic rings. The predicted molar refractivity (Wildman–Crippen MR) is 151 cm³/mol. The number of methoxy groups -OCH3 is 1. The summed E-state index contributed by atoms with van der Waals surface area (Å²) < 4.78 is 30.6. The summed E-state index contributed by atoms with van der Waals surface area (Å²) in [7, 11) is -2.44. The Labute approximate surface area is 229 Å². The molecule has 0 saturated carbocycles. The fourth-order valence-corrected chi connectivity index (χ4v) is 6.22. The molecule has 0 saturated heterocycles. The summed E-state index contributed by atoms with van der Waals surface area (Å²) in [5, 5.41) is 2.78. The standard InChI is InChI=1S/C32H31NO5S/c1-38-31(35)29(22-23-39(36,37)28-20-12-5-13-21-28)33-30(34)24-32(25-14-6-2-7-15-25,26-16-8-3-9-17-26)27-18-10-4-11-19-27/h2-21,29H,22-24H2,1H3,(H,33,34)/t29-/m0/s1. The maximum atomic E-state index is 13.7. The van der Waals surface area contributed by atoms with Crippen molar-refractivity contribution in [3.8, 4) is 0 Å². The number of nitrogens with one attached hydrogen (secondary N) is 1. The summed E-state index contributed by atoms with van der Waals surface area (Å²) in [5.41, 5.74) is 1.89. The van der Waals surface area contributed by atoms with Crippen LogP contribution in [0.2, 0.25) is 0 Å². The number of carbonyl (C=O) groups excluding carboxylic acids is 2. The molecular formula is C32H31NO5S. The summed E-state index contributed by atoms with van der Waals surface area (Å²) in [6.07, 6.45) is -0.130. The van der Waals surface area contributed by atoms with Crippen molar-refractivity contribution in [2.45, 2.75) is 29.2 Å². The quantitative estimate of drug-likeness (QED) is 0.215. The highest BCUT2D eigenvalue weighted by molar-refractivity contribution is 7.91. The van der Waals surface area contributed by atoms with Gasteiger partial charge in [-0.2, -0.15) is 0 Å². The minimum absolute atomic E-state index is 0.00995. The Morgan fingerprint density at radius 2 is 1.13 bits per heavy atom. The minimum atomic E-state index is -3.66. The zero-order chi connectivity index (χ0) is 27.7. The Kier molecular flexibility index (Phi) is 8.94. The van der Waals surface area contributed by atoms with E-state index in [0.717, 1.165) is 16.7 Å². The van der Waals surface area contributed by atoms with Crippen LogP contribution in [0.25, 0.3) is 0 Å². The fourth-order valence-electron chi connectivity index (χ4n) is 4.87. The van der Waals surface area contributed by atoms with Crippen molar-refractivity contribution in [2.24, 2.45) is 0 Å². The van der Waals surface area contributed by atoms with E-state index in [0.29, 0.717) is 0 Å². The molecule has 1 N–H and O–H groups in total. The zero-order valence-corrected chi connectivity index (χ0v) is 22.5. The highest BCUT2D eigenvalue weighted by Gasteiger charge is 2.39. The normalized spacial score (nSPS) is 12.3. The molecule has 1 amide bonds. The van der Waals surface area contributed by atoms with Crippen LogP contribution in [0.3, 0.4) is 0 Å². The summed E-state index contributed by atoms with van der Waals surface area (Å²) in [6, 6.07) is 36.2. The highest BCUT2D eigenvalue weighted by Crippen LogP contribution is 2.42. The van der Waals surface area contributed by atoms with Gasteiger partial charge in [-0.25, -0.2) is 13.2 Å². The first-order valence-corrected chi connectivity index (χ1v) is 14.3. The van der Waals surface area contributed by atoms with E-state index in [1.807, 2.05) is 91.0 Å². The largest absolute Gasteiger partial charge is 0.467 e. The first kappa shape index (κ1) is 27.8. The van der Waals surface area contributed by atoms with Crippen LogP contribution in [0, 0.1) is 0 Å². The second-order valence-corrected chi connectivity index (χ2v) is 11.4. The molecule has 0 aromatic heterocycles. The maximum Gasteiger partial charge on any atom is 0.328 e. The number of sulfone groups is 1. The lowest BCUT2D eigenvalue weighted by molar-refractivity contribution is -0.145. The van der Waals surface area contributed by atoms with Gasteiger partial charge in [-0.05, 0) is 35.2 Å². The van der Waals surface area contributed by atoms with E-state index in [4.69, 9.17) is 4.74 Å². The van der Waals surface area contributed by atoms with Crippen LogP contribution < -0.4 is 5.32 Å². The molecule has 4 rings (SSSR count). The Morgan fingerprint density at radius 3 is 1.54 bits per heavy atom. The first-order valence-electron chi connectivity index (χ1n) is 12.7. The van der Waals surface area contributed by atoms with Gasteiger partial charge in [-0.3, -0.25) is 4.79 Å². The van der Waals surface area contributed by atoms with Gasteiger partial charge in [0.05, 0.1) is 23.2 Å². The molecule has 0 fully saturated rings. The Morgan fingerprint density at radius 1 is 0.718 bits per heavy atom. The molecule has 4 aromatic rings. The van der Waals surface area contributed by atoms with Crippen LogP contribution >= 0.6 is 0 Å². The van der Waals surface area contributed by atoms with Crippen LogP contribution in [0.4, 0.5) is 0 Å². The molecule has 0 unspecified atom stereocenters. The fraction of sp³-hybridized carbons (Fsp3) is 0.188. The maximum absolute atomic E-state index is 13.7. The van der Waals surface area contributed by atoms with Gasteiger partial charge in [-0.1, -0.05) is 109 Å². The van der Waals surface area contributed by atoms with E-state index in [9.17, 15) is 18.0 Å². The van der Waals surface area contributed by atoms with Gasteiger partial charge in [0.15, 0.2) is 9.84 Å². The number of hydrogen-bond donors (Lipinski definition) is 1. The second kappa shape index (κ2) is 12.5. The Balaban J connectivity index is 1.67. The van der Waals surface area contributed by atoms with Crippen molar-refractivity contribution < 1.29 is 22.7 Å². The number of amides is 1. The molecule has 200 valence electrons. The van der Waals surface area contributed by atoms with Crippen LogP contribution in [0.1, 0.15) is 29.5 Å². The highest BCUT2D eigenvalue weighted by atomic mass is 32.2. The lowest BCUT2D eigenvalue weighted by atomic mass is 9.67. The van der Waals surface area contributed by atoms with E-state index in [1.165, 1.54) is 19.2 Å². The molecular weight excluding hydrogens is 510 g/mol. The lowest BCUT2D eigenvalue weighted by Crippen LogP contribution is -2.45. The van der Waals surface area contributed by atoms with Crippen molar-refractivity contribution in [2.75, 3.05) is 12.9 Å². The van der Waals surface area contributed by atoms with Crippen molar-refractivity contribution in [3.63, 3.8) is 0 Å². The zero-order valence-electron chi connectivity index (χ0n) is 21.7. The van der Waals surface area contributed by atoms with Gasteiger partial charge >= 0.3 is 5.97 Å². The van der Waals surface area contributed by atoms with Crippen LogP contribution in [-0.2, 0) is 29.6 Å². The predicted octanol–water partition coefficient (Wildman–Crippen LogP) is 4.93. The van der Waals surface area contributed by atoms with E-state index in [-0.39, 0.29) is 23.5 Å². The average Bonchev–Trinajstić information content (AvgIpc) is 2.99. The Bertz CT molecular complexity index is 1380. The summed E-state index contributed by atoms with van der Waals surface area (Å²) in [5.74, 6) is -1.42. The van der Waals surface area contributed by atoms with Gasteiger partial charge in [0.2, 0.25) is 5.91 Å². The van der Waals surface area contributed by atoms with Crippen LogP contribution in [0.15, 0.2) is 126 Å². The number of hydrogen-bond acceptors (Lipinski definition) is 5. The molecule has 0 aliphatic carbocycles. The van der Waals surface area contributed by atoms with E-state index in [2.05, 4.69) is 5.32 Å². The van der Waals surface area contributed by atoms with Crippen molar-refractivity contribution in [1.29, 1.82) is 0 Å². The lowest BCUT2D eigenvalue weighted by Gasteiger charge is -2.36. The van der Waals surface area contributed by atoms with E-state index >= 15 is 0 Å². The van der Waals surface area contributed by atoms with E-state index in [1.54, 1.807) is 18.2 Å². The first-order chi connectivity index (χ1) is 18.9. The molecule has 0 aliphatic heterocycles. The van der Waals surface area contributed by atoms with Crippen molar-refractivity contribution in [1.82, 2.24) is 5.32 Å². The average molecular weight is 542 g/mol. The van der Waals surface area contributed by atoms with Gasteiger partial charge in [0.1, 0.15) is 6.04 Å². The van der Waals surface area contributed by atoms with Crippen molar-refractivity contribution in [3.05, 3.63) is 138 Å². The van der Waals surface area contributed by atoms with E-state index < -0.39 is 33.2 Å². The third-order valence-corrected chi connectivity index (χ3v) is 8.59. The third kappa shape index (κ3) is 6.44. The molecule has 0 spiro atoms. The molecule has 4 aromatic carbocycles. The van der Waals surface area contributed by atoms with Gasteiger partial charge in [-0.15, -0.1) is 0 Å². The number of esters is 1. The molecule has 39 heavy (non-hydrogen) atoms. The molecule has 6 nitrogen and oxygen atoms in total. The summed E-state index contributed by atoms with van der Waals surface area (Å²) >= 11 is 0. The second-order valence-electron chi connectivity index (χ2n) is 9.24.